The number of nitrogens with zero attached hydrogens (tertiary/aromatic N) is 3. The van der Waals surface area contributed by atoms with Crippen molar-refractivity contribution in [3.05, 3.63) is 77.2 Å². The summed E-state index contributed by atoms with van der Waals surface area (Å²) in [6.45, 7) is 1.97. The first-order valence-electron chi connectivity index (χ1n) is 11.5. The van der Waals surface area contributed by atoms with Crippen LogP contribution < -0.4 is 10.5 Å². The lowest BCUT2D eigenvalue weighted by molar-refractivity contribution is 0.255. The lowest BCUT2D eigenvalue weighted by Crippen LogP contribution is -2.29. The predicted molar refractivity (Wildman–Crippen MR) is 140 cm³/mol. The molecule has 1 aliphatic heterocycles. The van der Waals surface area contributed by atoms with Gasteiger partial charge in [-0.3, -0.25) is 0 Å². The fourth-order valence-electron chi connectivity index (χ4n) is 4.19. The highest BCUT2D eigenvalue weighted by Gasteiger charge is 2.26. The van der Waals surface area contributed by atoms with E-state index in [2.05, 4.69) is 21.7 Å². The number of piperidine rings is 1. The number of aromatic nitrogens is 2. The summed E-state index contributed by atoms with van der Waals surface area (Å²) in [6, 6.07) is 11.7. The second kappa shape index (κ2) is 10.5. The minimum Gasteiger partial charge on any atom is -0.384 e. The van der Waals surface area contributed by atoms with Crippen molar-refractivity contribution in [3.8, 4) is 21.7 Å². The molecule has 0 saturated carbocycles. The van der Waals surface area contributed by atoms with E-state index in [1.165, 1.54) is 0 Å². The van der Waals surface area contributed by atoms with Crippen LogP contribution in [-0.4, -0.2) is 35.0 Å². The molecule has 10 heteroatoms. The van der Waals surface area contributed by atoms with Crippen molar-refractivity contribution >= 4 is 34.8 Å². The predicted octanol–water partition coefficient (Wildman–Crippen LogP) is 6.80. The number of thiazole rings is 1. The molecule has 0 amide bonds. The van der Waals surface area contributed by atoms with Crippen molar-refractivity contribution in [1.82, 2.24) is 14.9 Å². The Morgan fingerprint density at radius 2 is 1.89 bits per heavy atom. The number of pyridine rings is 1. The van der Waals surface area contributed by atoms with Gasteiger partial charge in [-0.15, -0.1) is 11.3 Å². The van der Waals surface area contributed by atoms with Crippen molar-refractivity contribution in [3.63, 3.8) is 0 Å². The second-order valence-electron chi connectivity index (χ2n) is 8.72. The van der Waals surface area contributed by atoms with E-state index in [1.807, 2.05) is 6.07 Å². The Kier molecular flexibility index (Phi) is 7.17. The number of halogens is 3. The van der Waals surface area contributed by atoms with Crippen LogP contribution in [0.5, 0.6) is 0 Å². The molecule has 2 aromatic heterocycles. The van der Waals surface area contributed by atoms with Gasteiger partial charge < -0.3 is 15.4 Å². The number of nitrogen functional groups attached to an aromatic ring is 1. The van der Waals surface area contributed by atoms with Gasteiger partial charge in [-0.2, -0.15) is 0 Å². The molecule has 186 valence electrons. The Labute approximate surface area is 215 Å². The highest BCUT2D eigenvalue weighted by Crippen LogP contribution is 2.43. The molecule has 0 radical (unpaired) electrons. The normalized spacial score (nSPS) is 14.8. The Hall–Kier alpha value is -3.08. The molecule has 1 fully saturated rings. The van der Waals surface area contributed by atoms with Crippen LogP contribution in [-0.2, 0) is 0 Å². The first-order valence-corrected chi connectivity index (χ1v) is 13.1. The van der Waals surface area contributed by atoms with E-state index in [0.29, 0.717) is 23.0 Å². The van der Waals surface area contributed by atoms with Crippen LogP contribution >= 0.6 is 23.3 Å². The summed E-state index contributed by atoms with van der Waals surface area (Å²) in [5, 5.41) is 0.970. The molecule has 0 aliphatic carbocycles. The summed E-state index contributed by atoms with van der Waals surface area (Å²) in [4.78, 5) is 12.2. The summed E-state index contributed by atoms with van der Waals surface area (Å²) in [6.07, 6.45) is 3.60. The van der Waals surface area contributed by atoms with Crippen molar-refractivity contribution in [2.75, 3.05) is 30.6 Å². The number of nitrogens with one attached hydrogen (secondary N) is 1. The number of anilines is 2. The van der Waals surface area contributed by atoms with Gasteiger partial charge in [0.2, 0.25) is 0 Å². The fourth-order valence-corrected chi connectivity index (χ4v) is 6.15. The zero-order chi connectivity index (χ0) is 25.2. The number of hydrogen-bond acceptors (Lipinski definition) is 7. The lowest BCUT2D eigenvalue weighted by Gasteiger charge is -2.27. The van der Waals surface area contributed by atoms with Gasteiger partial charge in [0.1, 0.15) is 17.5 Å². The lowest BCUT2D eigenvalue weighted by atomic mass is 9.98. The topological polar surface area (TPSA) is 67.1 Å². The van der Waals surface area contributed by atoms with E-state index in [4.69, 9.17) is 10.7 Å². The maximum atomic E-state index is 15.8. The second-order valence-corrected chi connectivity index (χ2v) is 10.6. The highest BCUT2D eigenvalue weighted by molar-refractivity contribution is 8.00. The van der Waals surface area contributed by atoms with E-state index in [0.717, 1.165) is 71.5 Å². The summed E-state index contributed by atoms with van der Waals surface area (Å²) in [7, 11) is 2.11. The van der Waals surface area contributed by atoms with Gasteiger partial charge in [0.25, 0.3) is 0 Å². The Balaban J connectivity index is 1.52. The zero-order valence-electron chi connectivity index (χ0n) is 19.5. The third kappa shape index (κ3) is 5.21. The van der Waals surface area contributed by atoms with Crippen LogP contribution in [0.2, 0.25) is 0 Å². The van der Waals surface area contributed by atoms with E-state index in [1.54, 1.807) is 41.8 Å². The molecular formula is C26H24F3N5S2. The maximum Gasteiger partial charge on any atom is 0.156 e. The minimum atomic E-state index is -0.592. The Bertz CT molecular complexity index is 1390. The van der Waals surface area contributed by atoms with Crippen molar-refractivity contribution in [2.24, 2.45) is 0 Å². The van der Waals surface area contributed by atoms with Gasteiger partial charge in [0, 0.05) is 17.7 Å². The first-order chi connectivity index (χ1) is 17.4. The SMILES string of the molecule is CN1CCC(c2nc(-c3cccc(NSc4cc(F)ccc4F)c3F)c(-c3ccnc(N)c3)s2)CC1. The van der Waals surface area contributed by atoms with Crippen LogP contribution in [0.25, 0.3) is 21.7 Å². The Morgan fingerprint density at radius 1 is 1.08 bits per heavy atom. The molecule has 3 heterocycles. The summed E-state index contributed by atoms with van der Waals surface area (Å²) < 4.78 is 46.2. The molecule has 5 nitrogen and oxygen atoms in total. The molecule has 1 aliphatic rings. The number of rotatable bonds is 6. The molecule has 3 N–H and O–H groups in total. The number of hydrogen-bond donors (Lipinski definition) is 2. The average Bonchev–Trinajstić information content (AvgIpc) is 3.31. The average molecular weight is 528 g/mol. The quantitative estimate of drug-likeness (QED) is 0.269. The summed E-state index contributed by atoms with van der Waals surface area (Å²) in [5.74, 6) is -1.01. The van der Waals surface area contributed by atoms with Crippen molar-refractivity contribution in [2.45, 2.75) is 23.7 Å². The van der Waals surface area contributed by atoms with Gasteiger partial charge in [-0.25, -0.2) is 23.1 Å². The monoisotopic (exact) mass is 527 g/mol. The molecule has 0 unspecified atom stereocenters. The molecule has 4 aromatic rings. The molecule has 1 saturated heterocycles. The van der Waals surface area contributed by atoms with Gasteiger partial charge in [0.15, 0.2) is 5.82 Å². The van der Waals surface area contributed by atoms with Crippen LogP contribution in [0.15, 0.2) is 59.6 Å². The largest absolute Gasteiger partial charge is 0.384 e. The van der Waals surface area contributed by atoms with Crippen LogP contribution in [0, 0.1) is 17.5 Å². The molecule has 0 bridgehead atoms. The number of nitrogens with two attached hydrogens (primary N) is 1. The van der Waals surface area contributed by atoms with Crippen LogP contribution in [0.1, 0.15) is 23.8 Å². The highest BCUT2D eigenvalue weighted by atomic mass is 32.2. The van der Waals surface area contributed by atoms with Crippen LogP contribution in [0.3, 0.4) is 0 Å². The van der Waals surface area contributed by atoms with E-state index >= 15 is 4.39 Å². The zero-order valence-corrected chi connectivity index (χ0v) is 21.1. The molecule has 0 atom stereocenters. The van der Waals surface area contributed by atoms with Gasteiger partial charge >= 0.3 is 0 Å². The fraction of sp³-hybridized carbons (Fsp3) is 0.231. The summed E-state index contributed by atoms with van der Waals surface area (Å²) >= 11 is 2.37. The molecular weight excluding hydrogens is 503 g/mol. The van der Waals surface area contributed by atoms with E-state index < -0.39 is 17.5 Å². The summed E-state index contributed by atoms with van der Waals surface area (Å²) in [5.41, 5.74) is 7.77. The molecule has 5 rings (SSSR count). The third-order valence-corrected chi connectivity index (χ3v) is 8.29. The standard InChI is InChI=1S/C26H24F3N5S2/c1-34-11-8-15(9-12-34)26-32-24(25(35-26)16-7-10-31-22(30)13-16)18-3-2-4-20(23(18)29)33-36-21-14-17(27)5-6-19(21)28/h2-7,10,13-15,33H,8-9,11-12H2,1H3,(H2,30,31). The smallest absolute Gasteiger partial charge is 0.156 e. The minimum absolute atomic E-state index is 0.0333. The first kappa shape index (κ1) is 24.6. The third-order valence-electron chi connectivity index (χ3n) is 6.17. The van der Waals surface area contributed by atoms with Crippen molar-refractivity contribution < 1.29 is 13.2 Å². The maximum absolute atomic E-state index is 15.8. The van der Waals surface area contributed by atoms with Gasteiger partial charge in [-0.05, 0) is 93.0 Å². The number of likely N-dealkylation sites (tertiary alicyclic amines) is 1. The number of benzene rings is 2. The molecule has 2 aromatic carbocycles. The molecule has 36 heavy (non-hydrogen) atoms. The Morgan fingerprint density at radius 3 is 2.67 bits per heavy atom. The molecule has 0 spiro atoms. The van der Waals surface area contributed by atoms with Crippen LogP contribution in [0.4, 0.5) is 24.7 Å². The van der Waals surface area contributed by atoms with E-state index in [-0.39, 0.29) is 10.6 Å². The van der Waals surface area contributed by atoms with E-state index in [9.17, 15) is 8.78 Å². The van der Waals surface area contributed by atoms with Crippen molar-refractivity contribution in [1.29, 1.82) is 0 Å². The van der Waals surface area contributed by atoms with Gasteiger partial charge in [-0.1, -0.05) is 6.07 Å². The van der Waals surface area contributed by atoms with Gasteiger partial charge in [0.05, 0.1) is 26.2 Å².